The van der Waals surface area contributed by atoms with Crippen LogP contribution in [0.1, 0.15) is 26.2 Å². The number of fused-ring (bicyclic) bond motifs is 1. The van der Waals surface area contributed by atoms with Crippen molar-refractivity contribution in [3.63, 3.8) is 0 Å². The van der Waals surface area contributed by atoms with Gasteiger partial charge >= 0.3 is 0 Å². The summed E-state index contributed by atoms with van der Waals surface area (Å²) in [6.07, 6.45) is 3.16. The van der Waals surface area contributed by atoms with Gasteiger partial charge in [0.05, 0.1) is 11.4 Å². The van der Waals surface area contributed by atoms with Gasteiger partial charge in [0.15, 0.2) is 0 Å². The molecule has 100 valence electrons. The summed E-state index contributed by atoms with van der Waals surface area (Å²) in [6, 6.07) is 7.50. The molecule has 1 aromatic carbocycles. The maximum atomic E-state index is 12.7. The summed E-state index contributed by atoms with van der Waals surface area (Å²) >= 11 is 0. The lowest BCUT2D eigenvalue weighted by atomic mass is 9.96. The van der Waals surface area contributed by atoms with Crippen LogP contribution >= 0.6 is 0 Å². The van der Waals surface area contributed by atoms with Gasteiger partial charge in [-0.15, -0.1) is 0 Å². The molecule has 2 unspecified atom stereocenters. The van der Waals surface area contributed by atoms with Gasteiger partial charge in [0.2, 0.25) is 11.8 Å². The number of para-hydroxylation sites is 2. The molecule has 3 rings (SSSR count). The van der Waals surface area contributed by atoms with E-state index in [0.29, 0.717) is 5.92 Å². The van der Waals surface area contributed by atoms with Gasteiger partial charge in [-0.3, -0.25) is 9.59 Å². The maximum absolute atomic E-state index is 12.7. The van der Waals surface area contributed by atoms with Crippen LogP contribution in [0.4, 0.5) is 11.4 Å². The van der Waals surface area contributed by atoms with Crippen molar-refractivity contribution in [2.24, 2.45) is 11.8 Å². The van der Waals surface area contributed by atoms with Crippen LogP contribution in [0.5, 0.6) is 0 Å². The van der Waals surface area contributed by atoms with Crippen molar-refractivity contribution in [1.29, 1.82) is 0 Å². The van der Waals surface area contributed by atoms with Crippen molar-refractivity contribution < 1.29 is 9.59 Å². The van der Waals surface area contributed by atoms with Crippen LogP contribution < -0.4 is 10.2 Å². The molecule has 1 N–H and O–H groups in total. The Balaban J connectivity index is 1.92. The lowest BCUT2D eigenvalue weighted by Crippen LogP contribution is -2.45. The van der Waals surface area contributed by atoms with E-state index in [-0.39, 0.29) is 24.3 Å². The summed E-state index contributed by atoms with van der Waals surface area (Å²) in [5.74, 6) is 0.480. The maximum Gasteiger partial charge on any atom is 0.244 e. The van der Waals surface area contributed by atoms with Gasteiger partial charge in [0.1, 0.15) is 6.54 Å². The van der Waals surface area contributed by atoms with Gasteiger partial charge in [0, 0.05) is 5.92 Å². The first-order chi connectivity index (χ1) is 9.16. The van der Waals surface area contributed by atoms with E-state index in [2.05, 4.69) is 12.2 Å². The molecule has 4 nitrogen and oxygen atoms in total. The summed E-state index contributed by atoms with van der Waals surface area (Å²) < 4.78 is 0. The normalized spacial score (nSPS) is 25.9. The van der Waals surface area contributed by atoms with E-state index in [9.17, 15) is 9.59 Å². The Hall–Kier alpha value is -1.84. The number of anilines is 2. The highest BCUT2D eigenvalue weighted by atomic mass is 16.2. The number of carbonyl (C=O) groups excluding carboxylic acids is 2. The highest BCUT2D eigenvalue weighted by Gasteiger charge is 2.36. The number of hydrogen-bond donors (Lipinski definition) is 1. The Morgan fingerprint density at radius 2 is 2.11 bits per heavy atom. The quantitative estimate of drug-likeness (QED) is 0.841. The van der Waals surface area contributed by atoms with Crippen LogP contribution in [0, 0.1) is 11.8 Å². The third-order valence-electron chi connectivity index (χ3n) is 4.22. The summed E-state index contributed by atoms with van der Waals surface area (Å²) in [5.41, 5.74) is 1.56. The molecule has 0 radical (unpaired) electrons. The van der Waals surface area contributed by atoms with Crippen molar-refractivity contribution in [3.05, 3.63) is 24.3 Å². The minimum atomic E-state index is -0.113. The second-order valence-electron chi connectivity index (χ2n) is 5.50. The number of rotatable bonds is 1. The van der Waals surface area contributed by atoms with Crippen LogP contribution in [-0.4, -0.2) is 18.4 Å². The SMILES string of the molecule is CC1CCCC1C(=O)N1CC(=O)Nc2ccccc21. The van der Waals surface area contributed by atoms with Crippen LogP contribution in [0.15, 0.2) is 24.3 Å². The van der Waals surface area contributed by atoms with Crippen molar-refractivity contribution >= 4 is 23.2 Å². The molecule has 2 atom stereocenters. The first kappa shape index (κ1) is 12.2. The van der Waals surface area contributed by atoms with E-state index >= 15 is 0 Å². The molecule has 4 heteroatoms. The lowest BCUT2D eigenvalue weighted by Gasteiger charge is -2.32. The molecule has 1 aliphatic carbocycles. The number of benzene rings is 1. The molecule has 19 heavy (non-hydrogen) atoms. The summed E-state index contributed by atoms with van der Waals surface area (Å²) in [4.78, 5) is 26.1. The fourth-order valence-electron chi connectivity index (χ4n) is 3.14. The molecule has 0 spiro atoms. The largest absolute Gasteiger partial charge is 0.323 e. The zero-order valence-electron chi connectivity index (χ0n) is 11.1. The monoisotopic (exact) mass is 258 g/mol. The average Bonchev–Trinajstić information content (AvgIpc) is 2.83. The molecular formula is C15H18N2O2. The molecule has 1 heterocycles. The van der Waals surface area contributed by atoms with Gasteiger partial charge < -0.3 is 10.2 Å². The van der Waals surface area contributed by atoms with Gasteiger partial charge in [-0.25, -0.2) is 0 Å². The molecule has 1 saturated carbocycles. The highest BCUT2D eigenvalue weighted by molar-refractivity contribution is 6.10. The van der Waals surface area contributed by atoms with Crippen molar-refractivity contribution in [2.75, 3.05) is 16.8 Å². The third kappa shape index (κ3) is 2.11. The molecular weight excluding hydrogens is 240 g/mol. The topological polar surface area (TPSA) is 49.4 Å². The van der Waals surface area contributed by atoms with Crippen molar-refractivity contribution in [1.82, 2.24) is 0 Å². The Kier molecular flexibility index (Phi) is 3.01. The van der Waals surface area contributed by atoms with Crippen molar-refractivity contribution in [2.45, 2.75) is 26.2 Å². The number of nitrogens with zero attached hydrogens (tertiary/aromatic N) is 1. The van der Waals surface area contributed by atoms with Crippen LogP contribution in [0.2, 0.25) is 0 Å². The van der Waals surface area contributed by atoms with E-state index in [1.54, 1.807) is 4.90 Å². The zero-order chi connectivity index (χ0) is 13.4. The number of carbonyl (C=O) groups is 2. The van der Waals surface area contributed by atoms with E-state index in [1.165, 1.54) is 0 Å². The Bertz CT molecular complexity index is 527. The molecule has 2 aliphatic rings. The number of hydrogen-bond acceptors (Lipinski definition) is 2. The molecule has 0 saturated heterocycles. The zero-order valence-corrected chi connectivity index (χ0v) is 11.1. The second-order valence-corrected chi connectivity index (χ2v) is 5.50. The first-order valence-electron chi connectivity index (χ1n) is 6.87. The summed E-state index contributed by atoms with van der Waals surface area (Å²) in [5, 5.41) is 2.81. The number of amides is 2. The first-order valence-corrected chi connectivity index (χ1v) is 6.87. The smallest absolute Gasteiger partial charge is 0.244 e. The predicted octanol–water partition coefficient (Wildman–Crippen LogP) is 2.41. The van der Waals surface area contributed by atoms with Gasteiger partial charge in [0.25, 0.3) is 0 Å². The second kappa shape index (κ2) is 4.68. The molecule has 0 aromatic heterocycles. The molecule has 1 fully saturated rings. The van der Waals surface area contributed by atoms with E-state index in [1.807, 2.05) is 24.3 Å². The Morgan fingerprint density at radius 1 is 1.32 bits per heavy atom. The van der Waals surface area contributed by atoms with Gasteiger partial charge in [-0.1, -0.05) is 25.5 Å². The fourth-order valence-corrected chi connectivity index (χ4v) is 3.14. The Morgan fingerprint density at radius 3 is 2.84 bits per heavy atom. The van der Waals surface area contributed by atoms with Crippen LogP contribution in [0.3, 0.4) is 0 Å². The fraction of sp³-hybridized carbons (Fsp3) is 0.467. The van der Waals surface area contributed by atoms with E-state index in [4.69, 9.17) is 0 Å². The van der Waals surface area contributed by atoms with Gasteiger partial charge in [-0.2, -0.15) is 0 Å². The van der Waals surface area contributed by atoms with Crippen molar-refractivity contribution in [3.8, 4) is 0 Å². The Labute approximate surface area is 112 Å². The van der Waals surface area contributed by atoms with Gasteiger partial charge in [-0.05, 0) is 30.9 Å². The van der Waals surface area contributed by atoms with Crippen LogP contribution in [-0.2, 0) is 9.59 Å². The third-order valence-corrected chi connectivity index (χ3v) is 4.22. The average molecular weight is 258 g/mol. The minimum Gasteiger partial charge on any atom is -0.323 e. The standard InChI is InChI=1S/C15H18N2O2/c1-10-5-4-6-11(10)15(19)17-9-14(18)16-12-7-2-3-8-13(12)17/h2-3,7-8,10-11H,4-6,9H2,1H3,(H,16,18). The molecule has 1 aromatic rings. The summed E-state index contributed by atoms with van der Waals surface area (Å²) in [6.45, 7) is 2.27. The minimum absolute atomic E-state index is 0.0685. The molecule has 0 bridgehead atoms. The summed E-state index contributed by atoms with van der Waals surface area (Å²) in [7, 11) is 0. The van der Waals surface area contributed by atoms with E-state index < -0.39 is 0 Å². The van der Waals surface area contributed by atoms with E-state index in [0.717, 1.165) is 30.6 Å². The molecule has 1 aliphatic heterocycles. The lowest BCUT2D eigenvalue weighted by molar-refractivity contribution is -0.125. The number of nitrogens with one attached hydrogen (secondary N) is 1. The molecule has 2 amide bonds. The highest BCUT2D eigenvalue weighted by Crippen LogP contribution is 2.36. The van der Waals surface area contributed by atoms with Crippen LogP contribution in [0.25, 0.3) is 0 Å². The predicted molar refractivity (Wildman–Crippen MR) is 73.9 cm³/mol.